The van der Waals surface area contributed by atoms with Gasteiger partial charge in [0, 0.05) is 5.56 Å². The highest BCUT2D eigenvalue weighted by molar-refractivity contribution is 5.96. The van der Waals surface area contributed by atoms with E-state index in [1.807, 2.05) is 42.5 Å². The van der Waals surface area contributed by atoms with Gasteiger partial charge in [-0.3, -0.25) is 9.59 Å². The summed E-state index contributed by atoms with van der Waals surface area (Å²) in [5.74, 6) is -1.77. The molecule has 0 spiro atoms. The molecular weight excluding hydrogens is 310 g/mol. The van der Waals surface area contributed by atoms with E-state index in [-0.39, 0.29) is 6.54 Å². The van der Waals surface area contributed by atoms with Gasteiger partial charge in [0.15, 0.2) is 6.61 Å². The summed E-state index contributed by atoms with van der Waals surface area (Å²) < 4.78 is 8.97. The number of carbonyl (C=O) groups excluding carboxylic acids is 3. The molecule has 2 aromatic rings. The van der Waals surface area contributed by atoms with Crippen LogP contribution >= 0.6 is 0 Å². The molecule has 2 rings (SSSR count). The zero-order valence-corrected chi connectivity index (χ0v) is 13.2. The number of esters is 2. The molecule has 0 fully saturated rings. The first kappa shape index (κ1) is 17.2. The summed E-state index contributed by atoms with van der Waals surface area (Å²) in [7, 11) is 1.19. The van der Waals surface area contributed by atoms with Crippen LogP contribution in [-0.2, 0) is 19.1 Å². The van der Waals surface area contributed by atoms with E-state index in [0.717, 1.165) is 11.1 Å². The van der Waals surface area contributed by atoms with Gasteiger partial charge in [-0.25, -0.2) is 4.79 Å². The van der Waals surface area contributed by atoms with E-state index in [0.29, 0.717) is 5.56 Å². The second-order valence-electron chi connectivity index (χ2n) is 4.86. The molecule has 0 aliphatic rings. The summed E-state index contributed by atoms with van der Waals surface area (Å²) >= 11 is 0. The van der Waals surface area contributed by atoms with Gasteiger partial charge in [-0.1, -0.05) is 42.5 Å². The van der Waals surface area contributed by atoms with E-state index < -0.39 is 24.5 Å². The number of hydrogen-bond donors (Lipinski definition) is 1. The van der Waals surface area contributed by atoms with Crippen molar-refractivity contribution < 1.29 is 23.9 Å². The summed E-state index contributed by atoms with van der Waals surface area (Å²) in [6, 6.07) is 16.8. The van der Waals surface area contributed by atoms with Crippen molar-refractivity contribution in [3.05, 3.63) is 60.2 Å². The maximum absolute atomic E-state index is 12.0. The number of carbonyl (C=O) groups is 3. The molecule has 0 aromatic heterocycles. The Balaban J connectivity index is 1.87. The maximum atomic E-state index is 12.0. The quantitative estimate of drug-likeness (QED) is 0.818. The molecule has 0 atom stereocenters. The summed E-state index contributed by atoms with van der Waals surface area (Å²) in [4.78, 5) is 34.2. The van der Waals surface area contributed by atoms with Gasteiger partial charge in [-0.05, 0) is 23.3 Å². The van der Waals surface area contributed by atoms with Crippen molar-refractivity contribution in [3.63, 3.8) is 0 Å². The SMILES string of the molecule is COC(=O)COC(=O)CNC(=O)c1ccc(-c2ccccc2)cc1. The highest BCUT2D eigenvalue weighted by Crippen LogP contribution is 2.19. The Bertz CT molecular complexity index is 710. The molecule has 0 saturated carbocycles. The number of ether oxygens (including phenoxy) is 2. The van der Waals surface area contributed by atoms with E-state index in [2.05, 4.69) is 14.8 Å². The van der Waals surface area contributed by atoms with Crippen molar-refractivity contribution >= 4 is 17.8 Å². The van der Waals surface area contributed by atoms with Crippen molar-refractivity contribution in [1.82, 2.24) is 5.32 Å². The highest BCUT2D eigenvalue weighted by atomic mass is 16.6. The van der Waals surface area contributed by atoms with Crippen LogP contribution in [0.2, 0.25) is 0 Å². The van der Waals surface area contributed by atoms with Crippen LogP contribution in [0.4, 0.5) is 0 Å². The minimum Gasteiger partial charge on any atom is -0.466 e. The van der Waals surface area contributed by atoms with Crippen LogP contribution in [0.25, 0.3) is 11.1 Å². The summed E-state index contributed by atoms with van der Waals surface area (Å²) in [6.45, 7) is -0.798. The summed E-state index contributed by atoms with van der Waals surface area (Å²) in [5.41, 5.74) is 2.47. The average Bonchev–Trinajstić information content (AvgIpc) is 2.64. The number of amides is 1. The fraction of sp³-hybridized carbons (Fsp3) is 0.167. The zero-order chi connectivity index (χ0) is 17.4. The average molecular weight is 327 g/mol. The molecule has 0 unspecified atom stereocenters. The normalized spacial score (nSPS) is 9.88. The first-order valence-corrected chi connectivity index (χ1v) is 7.26. The third-order valence-electron chi connectivity index (χ3n) is 3.23. The highest BCUT2D eigenvalue weighted by Gasteiger charge is 2.11. The second-order valence-corrected chi connectivity index (χ2v) is 4.86. The van der Waals surface area contributed by atoms with E-state index >= 15 is 0 Å². The van der Waals surface area contributed by atoms with Gasteiger partial charge >= 0.3 is 11.9 Å². The van der Waals surface area contributed by atoms with E-state index in [4.69, 9.17) is 0 Å². The van der Waals surface area contributed by atoms with Crippen molar-refractivity contribution in [2.75, 3.05) is 20.3 Å². The van der Waals surface area contributed by atoms with Crippen LogP contribution < -0.4 is 5.32 Å². The summed E-state index contributed by atoms with van der Waals surface area (Å²) in [5, 5.41) is 2.43. The Morgan fingerprint density at radius 2 is 1.50 bits per heavy atom. The monoisotopic (exact) mass is 327 g/mol. The van der Waals surface area contributed by atoms with Gasteiger partial charge in [-0.2, -0.15) is 0 Å². The van der Waals surface area contributed by atoms with Gasteiger partial charge < -0.3 is 14.8 Å². The van der Waals surface area contributed by atoms with Crippen LogP contribution in [0.3, 0.4) is 0 Å². The molecule has 0 aliphatic heterocycles. The van der Waals surface area contributed by atoms with Crippen molar-refractivity contribution in [3.8, 4) is 11.1 Å². The third-order valence-corrected chi connectivity index (χ3v) is 3.23. The molecule has 0 heterocycles. The lowest BCUT2D eigenvalue weighted by Gasteiger charge is -2.07. The van der Waals surface area contributed by atoms with Gasteiger partial charge in [0.05, 0.1) is 7.11 Å². The molecule has 6 nitrogen and oxygen atoms in total. The van der Waals surface area contributed by atoms with Crippen LogP contribution in [-0.4, -0.2) is 38.1 Å². The molecule has 0 bridgehead atoms. The fourth-order valence-corrected chi connectivity index (χ4v) is 1.95. The minimum absolute atomic E-state index is 0.323. The second kappa shape index (κ2) is 8.47. The Hall–Kier alpha value is -3.15. The molecule has 0 radical (unpaired) electrons. The Morgan fingerprint density at radius 3 is 2.12 bits per heavy atom. The third kappa shape index (κ3) is 4.95. The minimum atomic E-state index is -0.713. The number of methoxy groups -OCH3 is 1. The van der Waals surface area contributed by atoms with Crippen LogP contribution in [0.5, 0.6) is 0 Å². The molecule has 1 amide bonds. The van der Waals surface area contributed by atoms with Crippen LogP contribution in [0.15, 0.2) is 54.6 Å². The standard InChI is InChI=1S/C18H17NO5/c1-23-17(21)12-24-16(20)11-19-18(22)15-9-7-14(8-10-15)13-5-3-2-4-6-13/h2-10H,11-12H2,1H3,(H,19,22). The number of benzene rings is 2. The first-order chi connectivity index (χ1) is 11.6. The molecule has 124 valence electrons. The molecule has 2 aromatic carbocycles. The molecule has 0 aliphatic carbocycles. The van der Waals surface area contributed by atoms with Gasteiger partial charge in [0.1, 0.15) is 6.54 Å². The Morgan fingerprint density at radius 1 is 0.875 bits per heavy atom. The molecule has 1 N–H and O–H groups in total. The summed E-state index contributed by atoms with van der Waals surface area (Å²) in [6.07, 6.45) is 0. The van der Waals surface area contributed by atoms with E-state index in [1.165, 1.54) is 7.11 Å². The lowest BCUT2D eigenvalue weighted by molar-refractivity contribution is -0.156. The number of hydrogen-bond acceptors (Lipinski definition) is 5. The largest absolute Gasteiger partial charge is 0.466 e. The van der Waals surface area contributed by atoms with Gasteiger partial charge in [-0.15, -0.1) is 0 Å². The maximum Gasteiger partial charge on any atom is 0.344 e. The van der Waals surface area contributed by atoms with Gasteiger partial charge in [0.25, 0.3) is 5.91 Å². The lowest BCUT2D eigenvalue weighted by atomic mass is 10.0. The Labute approximate surface area is 139 Å². The molecule has 6 heteroatoms. The number of rotatable bonds is 6. The molecule has 24 heavy (non-hydrogen) atoms. The molecular formula is C18H17NO5. The molecule has 0 saturated heterocycles. The zero-order valence-electron chi connectivity index (χ0n) is 13.2. The first-order valence-electron chi connectivity index (χ1n) is 7.26. The topological polar surface area (TPSA) is 81.7 Å². The van der Waals surface area contributed by atoms with Crippen molar-refractivity contribution in [1.29, 1.82) is 0 Å². The fourth-order valence-electron chi connectivity index (χ4n) is 1.95. The van der Waals surface area contributed by atoms with Crippen molar-refractivity contribution in [2.24, 2.45) is 0 Å². The van der Waals surface area contributed by atoms with Crippen molar-refractivity contribution in [2.45, 2.75) is 0 Å². The van der Waals surface area contributed by atoms with E-state index in [1.54, 1.807) is 12.1 Å². The number of nitrogens with one attached hydrogen (secondary N) is 1. The Kier molecular flexibility index (Phi) is 6.08. The van der Waals surface area contributed by atoms with Gasteiger partial charge in [0.2, 0.25) is 0 Å². The van der Waals surface area contributed by atoms with Crippen LogP contribution in [0, 0.1) is 0 Å². The van der Waals surface area contributed by atoms with Crippen LogP contribution in [0.1, 0.15) is 10.4 Å². The smallest absolute Gasteiger partial charge is 0.344 e. The van der Waals surface area contributed by atoms with E-state index in [9.17, 15) is 14.4 Å². The lowest BCUT2D eigenvalue weighted by Crippen LogP contribution is -2.31. The predicted molar refractivity (Wildman–Crippen MR) is 87.2 cm³/mol. The predicted octanol–water partition coefficient (Wildman–Crippen LogP) is 1.80.